The van der Waals surface area contributed by atoms with Crippen molar-refractivity contribution in [2.45, 2.75) is 6.92 Å². The largest absolute Gasteiger partial charge is 0.686 e. The van der Waals surface area contributed by atoms with Crippen LogP contribution < -0.4 is 11.6 Å². The van der Waals surface area contributed by atoms with Gasteiger partial charge < -0.3 is 27.1 Å². The summed E-state index contributed by atoms with van der Waals surface area (Å²) in [6, 6.07) is 0. The van der Waals surface area contributed by atoms with Gasteiger partial charge in [-0.1, -0.05) is 0 Å². The second kappa shape index (κ2) is 5.71. The minimum absolute atomic E-state index is 0.526. The van der Waals surface area contributed by atoms with Crippen molar-refractivity contribution < 1.29 is 4.68 Å². The van der Waals surface area contributed by atoms with Crippen LogP contribution in [0.25, 0.3) is 16.5 Å². The summed E-state index contributed by atoms with van der Waals surface area (Å²) in [5, 5.41) is 7.99. The Morgan fingerprint density at radius 3 is 2.89 bits per heavy atom. The SMILES string of the molecule is C=C([N-]C)c1c(/C(C)=N/[N-][N+](C)=CN)ncn1N. The molecule has 0 aliphatic heterocycles. The molecule has 8 nitrogen and oxygen atoms in total. The van der Waals surface area contributed by atoms with E-state index >= 15 is 0 Å². The van der Waals surface area contributed by atoms with Crippen molar-refractivity contribution in [3.8, 4) is 0 Å². The van der Waals surface area contributed by atoms with Crippen molar-refractivity contribution in [1.82, 2.24) is 9.66 Å². The van der Waals surface area contributed by atoms with Crippen LogP contribution in [-0.4, -0.2) is 40.5 Å². The molecule has 1 rings (SSSR count). The Balaban J connectivity index is 3.06. The smallest absolute Gasteiger partial charge is 0.165 e. The first-order valence-electron chi connectivity index (χ1n) is 5.16. The normalized spacial score (nSPS) is 12.4. The van der Waals surface area contributed by atoms with Gasteiger partial charge in [-0.3, -0.25) is 4.68 Å². The molecule has 4 N–H and O–H groups in total. The van der Waals surface area contributed by atoms with Gasteiger partial charge in [-0.15, -0.1) is 19.3 Å². The van der Waals surface area contributed by atoms with Gasteiger partial charge in [0.25, 0.3) is 0 Å². The van der Waals surface area contributed by atoms with Gasteiger partial charge in [-0.05, 0) is 6.92 Å². The first-order chi connectivity index (χ1) is 8.51. The summed E-state index contributed by atoms with van der Waals surface area (Å²) in [5.74, 6) is 5.75. The van der Waals surface area contributed by atoms with Crippen LogP contribution in [0.5, 0.6) is 0 Å². The Morgan fingerprint density at radius 2 is 2.33 bits per heavy atom. The fourth-order valence-corrected chi connectivity index (χ4v) is 1.23. The van der Waals surface area contributed by atoms with Crippen LogP contribution in [-0.2, 0) is 0 Å². The number of nitrogen functional groups attached to an aromatic ring is 1. The van der Waals surface area contributed by atoms with E-state index in [2.05, 4.69) is 27.5 Å². The molecule has 0 radical (unpaired) electrons. The molecule has 0 fully saturated rings. The van der Waals surface area contributed by atoms with Crippen LogP contribution in [0.15, 0.2) is 18.0 Å². The zero-order valence-electron chi connectivity index (χ0n) is 10.7. The van der Waals surface area contributed by atoms with Crippen LogP contribution in [0.3, 0.4) is 0 Å². The zero-order chi connectivity index (χ0) is 13.7. The van der Waals surface area contributed by atoms with Crippen molar-refractivity contribution in [3.05, 3.63) is 35.1 Å². The number of imidazole rings is 1. The second-order valence-corrected chi connectivity index (χ2v) is 3.52. The van der Waals surface area contributed by atoms with Gasteiger partial charge in [0, 0.05) is 7.05 Å². The summed E-state index contributed by atoms with van der Waals surface area (Å²) < 4.78 is 2.73. The predicted molar refractivity (Wildman–Crippen MR) is 72.7 cm³/mol. The molecule has 8 heteroatoms. The van der Waals surface area contributed by atoms with Gasteiger partial charge >= 0.3 is 0 Å². The fraction of sp³-hybridized carbons (Fsp3) is 0.300. The van der Waals surface area contributed by atoms with Crippen LogP contribution in [0.1, 0.15) is 18.3 Å². The maximum Gasteiger partial charge on any atom is 0.165 e. The first-order valence-corrected chi connectivity index (χ1v) is 5.16. The second-order valence-electron chi connectivity index (χ2n) is 3.52. The lowest BCUT2D eigenvalue weighted by Crippen LogP contribution is -2.12. The first kappa shape index (κ1) is 13.6. The lowest BCUT2D eigenvalue weighted by Gasteiger charge is -2.19. The molecule has 98 valence electrons. The summed E-state index contributed by atoms with van der Waals surface area (Å²) in [4.78, 5) is 4.15. The van der Waals surface area contributed by atoms with Crippen LogP contribution in [0.4, 0.5) is 0 Å². The molecular weight excluding hydrogens is 232 g/mol. The van der Waals surface area contributed by atoms with E-state index in [-0.39, 0.29) is 0 Å². The van der Waals surface area contributed by atoms with E-state index < -0.39 is 0 Å². The molecule has 1 aromatic rings. The molecule has 0 spiro atoms. The fourth-order valence-electron chi connectivity index (χ4n) is 1.23. The monoisotopic (exact) mass is 249 g/mol. The number of nitrogens with two attached hydrogens (primary N) is 2. The topological polar surface area (TPSA) is 113 Å². The van der Waals surface area contributed by atoms with Gasteiger partial charge in [0.15, 0.2) is 6.34 Å². The van der Waals surface area contributed by atoms with E-state index in [1.54, 1.807) is 21.0 Å². The van der Waals surface area contributed by atoms with Gasteiger partial charge in [-0.2, -0.15) is 0 Å². The highest BCUT2D eigenvalue weighted by atomic mass is 15.6. The summed E-state index contributed by atoms with van der Waals surface area (Å²) in [6.45, 7) is 5.57. The highest BCUT2D eigenvalue weighted by Crippen LogP contribution is 2.20. The van der Waals surface area contributed by atoms with E-state index in [4.69, 9.17) is 11.6 Å². The molecule has 0 saturated carbocycles. The van der Waals surface area contributed by atoms with Gasteiger partial charge in [0.2, 0.25) is 0 Å². The Bertz CT molecular complexity index is 496. The maximum atomic E-state index is 5.75. The van der Waals surface area contributed by atoms with Crippen molar-refractivity contribution in [2.24, 2.45) is 10.8 Å². The number of nitrogens with zero attached hydrogens (tertiary/aromatic N) is 6. The number of aromatic nitrogens is 2. The molecule has 0 aromatic carbocycles. The third-order valence-electron chi connectivity index (χ3n) is 2.23. The summed E-state index contributed by atoms with van der Waals surface area (Å²) in [7, 11) is 3.30. The highest BCUT2D eigenvalue weighted by molar-refractivity contribution is 6.01. The molecule has 0 aliphatic rings. The molecule has 18 heavy (non-hydrogen) atoms. The molecular formula is C10H17N8-. The van der Waals surface area contributed by atoms with Crippen molar-refractivity contribution >= 4 is 17.7 Å². The Kier molecular flexibility index (Phi) is 4.30. The van der Waals surface area contributed by atoms with E-state index in [1.807, 2.05) is 0 Å². The van der Waals surface area contributed by atoms with Crippen molar-refractivity contribution in [1.29, 1.82) is 0 Å². The third kappa shape index (κ3) is 2.78. The Labute approximate surface area is 106 Å². The molecule has 1 aromatic heterocycles. The molecule has 0 bridgehead atoms. The number of hydrogen-bond acceptors (Lipinski definition) is 3. The molecule has 0 amide bonds. The standard InChI is InChI=1S/C10H17N8/c1-7(15-16-17(4)5-11)9-10(8(2)13-3)18(12)6-14-9/h5-6H,2,11-12H2,1,3-4H3/q-1/b15-7+,17-5?. The average molecular weight is 249 g/mol. The van der Waals surface area contributed by atoms with Crippen LogP contribution in [0.2, 0.25) is 0 Å². The van der Waals surface area contributed by atoms with E-state index in [0.29, 0.717) is 22.8 Å². The lowest BCUT2D eigenvalue weighted by atomic mass is 10.2. The third-order valence-corrected chi connectivity index (χ3v) is 2.23. The van der Waals surface area contributed by atoms with Gasteiger partial charge in [0.05, 0.1) is 5.69 Å². The maximum absolute atomic E-state index is 5.75. The lowest BCUT2D eigenvalue weighted by molar-refractivity contribution is -0.441. The molecule has 0 aliphatic carbocycles. The quantitative estimate of drug-likeness (QED) is 0.255. The average Bonchev–Trinajstić information content (AvgIpc) is 2.76. The van der Waals surface area contributed by atoms with Gasteiger partial charge in [-0.25, -0.2) is 10.1 Å². The minimum atomic E-state index is 0.526. The molecule has 0 unspecified atom stereocenters. The Morgan fingerprint density at radius 1 is 1.67 bits per heavy atom. The van der Waals surface area contributed by atoms with Crippen molar-refractivity contribution in [3.63, 3.8) is 0 Å². The zero-order valence-corrected chi connectivity index (χ0v) is 10.7. The highest BCUT2D eigenvalue weighted by Gasteiger charge is 2.11. The minimum Gasteiger partial charge on any atom is -0.686 e. The number of rotatable bonds is 5. The van der Waals surface area contributed by atoms with Crippen LogP contribution in [0, 0.1) is 0 Å². The number of hydrogen-bond donors (Lipinski definition) is 2. The van der Waals surface area contributed by atoms with Gasteiger partial charge in [0.1, 0.15) is 17.7 Å². The van der Waals surface area contributed by atoms with E-state index in [9.17, 15) is 0 Å². The Hall–Kier alpha value is -2.51. The van der Waals surface area contributed by atoms with Crippen molar-refractivity contribution in [2.75, 3.05) is 19.9 Å². The predicted octanol–water partition coefficient (Wildman–Crippen LogP) is 0.213. The molecule has 1 heterocycles. The summed E-state index contributed by atoms with van der Waals surface area (Å²) in [5.41, 5.74) is 11.4. The molecule has 0 saturated heterocycles. The van der Waals surface area contributed by atoms with E-state index in [0.717, 1.165) is 0 Å². The van der Waals surface area contributed by atoms with E-state index in [1.165, 1.54) is 22.0 Å². The summed E-state index contributed by atoms with van der Waals surface area (Å²) in [6.07, 6.45) is 2.76. The molecule has 0 atom stereocenters. The van der Waals surface area contributed by atoms with Crippen LogP contribution >= 0.6 is 0 Å². The summed E-state index contributed by atoms with van der Waals surface area (Å²) >= 11 is 0.